The van der Waals surface area contributed by atoms with Crippen molar-refractivity contribution in [3.8, 4) is 22.9 Å². The van der Waals surface area contributed by atoms with Crippen LogP contribution in [-0.4, -0.2) is 39.7 Å². The minimum absolute atomic E-state index is 0.124. The van der Waals surface area contributed by atoms with Crippen molar-refractivity contribution in [3.63, 3.8) is 0 Å². The fourth-order valence-electron chi connectivity index (χ4n) is 3.06. The molecule has 0 saturated carbocycles. The summed E-state index contributed by atoms with van der Waals surface area (Å²) in [5.74, 6) is 7.84. The average Bonchev–Trinajstić information content (AvgIpc) is 3.12. The molecule has 4 rings (SSSR count). The van der Waals surface area contributed by atoms with Gasteiger partial charge in [-0.3, -0.25) is 4.79 Å². The molecule has 0 spiro atoms. The Balaban J connectivity index is 1.37. The molecule has 11 heteroatoms. The van der Waals surface area contributed by atoms with Crippen LogP contribution in [0.2, 0.25) is 10.0 Å². The Morgan fingerprint density at radius 1 is 1.19 bits per heavy atom. The first-order chi connectivity index (χ1) is 14.9. The number of hydrogen-bond acceptors (Lipinski definition) is 7. The number of nitrogens with two attached hydrogens (primary N) is 1. The molecule has 1 amide bonds. The van der Waals surface area contributed by atoms with Gasteiger partial charge in [0.15, 0.2) is 17.3 Å². The van der Waals surface area contributed by atoms with Crippen LogP contribution < -0.4 is 20.6 Å². The zero-order valence-corrected chi connectivity index (χ0v) is 18.8. The average molecular weight is 480 g/mol. The molecule has 0 fully saturated rings. The van der Waals surface area contributed by atoms with Crippen molar-refractivity contribution >= 4 is 40.9 Å². The molecular weight excluding hydrogens is 461 g/mol. The maximum Gasteiger partial charge on any atom is 0.230 e. The number of aromatic nitrogens is 3. The lowest BCUT2D eigenvalue weighted by Crippen LogP contribution is -2.28. The fourth-order valence-corrected chi connectivity index (χ4v) is 4.22. The zero-order valence-electron chi connectivity index (χ0n) is 16.5. The molecule has 3 N–H and O–H groups in total. The molecule has 1 atom stereocenters. The third-order valence-corrected chi connectivity index (χ3v) is 6.10. The number of nitrogens with one attached hydrogen (secondary N) is 1. The lowest BCUT2D eigenvalue weighted by atomic mass is 10.1. The summed E-state index contributed by atoms with van der Waals surface area (Å²) in [6.45, 7) is 2.95. The van der Waals surface area contributed by atoms with E-state index in [2.05, 4.69) is 15.5 Å². The van der Waals surface area contributed by atoms with Gasteiger partial charge in [-0.1, -0.05) is 41.0 Å². The SMILES string of the molecule is CC(NC(=O)CSc1nnc(-c2ccc(Cl)cc2Cl)n1N)c1ccc2c(c1)OCCO2. The molecule has 0 aliphatic carbocycles. The molecule has 8 nitrogen and oxygen atoms in total. The highest BCUT2D eigenvalue weighted by Gasteiger charge is 2.18. The van der Waals surface area contributed by atoms with Gasteiger partial charge < -0.3 is 20.6 Å². The van der Waals surface area contributed by atoms with Gasteiger partial charge in [-0.25, -0.2) is 4.68 Å². The van der Waals surface area contributed by atoms with E-state index in [-0.39, 0.29) is 17.7 Å². The largest absolute Gasteiger partial charge is 0.486 e. The number of thioether (sulfide) groups is 1. The lowest BCUT2D eigenvalue weighted by Gasteiger charge is -2.21. The predicted molar refractivity (Wildman–Crippen MR) is 120 cm³/mol. The number of fused-ring (bicyclic) bond motifs is 1. The van der Waals surface area contributed by atoms with Gasteiger partial charge in [0.05, 0.1) is 16.8 Å². The van der Waals surface area contributed by atoms with Crippen LogP contribution in [0.4, 0.5) is 0 Å². The predicted octanol–water partition coefficient (Wildman–Crippen LogP) is 3.71. The maximum atomic E-state index is 12.4. The van der Waals surface area contributed by atoms with Crippen LogP contribution in [0.3, 0.4) is 0 Å². The molecule has 0 bridgehead atoms. The first-order valence-electron chi connectivity index (χ1n) is 9.40. The summed E-state index contributed by atoms with van der Waals surface area (Å²) < 4.78 is 12.4. The van der Waals surface area contributed by atoms with Gasteiger partial charge in [-0.15, -0.1) is 10.2 Å². The highest BCUT2D eigenvalue weighted by molar-refractivity contribution is 7.99. The van der Waals surface area contributed by atoms with Gasteiger partial charge >= 0.3 is 0 Å². The molecule has 2 heterocycles. The van der Waals surface area contributed by atoms with E-state index in [1.54, 1.807) is 18.2 Å². The maximum absolute atomic E-state index is 12.4. The van der Waals surface area contributed by atoms with Crippen molar-refractivity contribution < 1.29 is 14.3 Å². The number of halogens is 2. The van der Waals surface area contributed by atoms with E-state index in [0.29, 0.717) is 51.3 Å². The number of nitrogen functional groups attached to an aromatic ring is 1. The molecule has 1 aliphatic heterocycles. The summed E-state index contributed by atoms with van der Waals surface area (Å²) in [6, 6.07) is 10.4. The van der Waals surface area contributed by atoms with Crippen molar-refractivity contribution in [3.05, 3.63) is 52.0 Å². The molecule has 3 aromatic rings. The molecule has 2 aromatic carbocycles. The zero-order chi connectivity index (χ0) is 22.0. The second kappa shape index (κ2) is 9.25. The first kappa shape index (κ1) is 21.6. The normalized spacial score (nSPS) is 13.6. The van der Waals surface area contributed by atoms with E-state index >= 15 is 0 Å². The Labute approximate surface area is 193 Å². The first-order valence-corrected chi connectivity index (χ1v) is 11.1. The summed E-state index contributed by atoms with van der Waals surface area (Å²) in [5.41, 5.74) is 1.52. The van der Waals surface area contributed by atoms with Crippen LogP contribution >= 0.6 is 35.0 Å². The van der Waals surface area contributed by atoms with Crippen LogP contribution in [-0.2, 0) is 4.79 Å². The lowest BCUT2D eigenvalue weighted by molar-refractivity contribution is -0.119. The summed E-state index contributed by atoms with van der Waals surface area (Å²) >= 11 is 13.3. The molecule has 0 saturated heterocycles. The number of amides is 1. The van der Waals surface area contributed by atoms with E-state index in [0.717, 1.165) is 5.56 Å². The van der Waals surface area contributed by atoms with Gasteiger partial charge in [0.1, 0.15) is 13.2 Å². The quantitative estimate of drug-likeness (QED) is 0.410. The second-order valence-corrected chi connectivity index (χ2v) is 8.57. The van der Waals surface area contributed by atoms with Crippen LogP contribution in [0.1, 0.15) is 18.5 Å². The van der Waals surface area contributed by atoms with E-state index < -0.39 is 0 Å². The fraction of sp³-hybridized carbons (Fsp3) is 0.250. The van der Waals surface area contributed by atoms with E-state index in [1.807, 2.05) is 25.1 Å². The minimum Gasteiger partial charge on any atom is -0.486 e. The number of carbonyl (C=O) groups is 1. The third-order valence-electron chi connectivity index (χ3n) is 4.61. The van der Waals surface area contributed by atoms with Crippen molar-refractivity contribution in [2.45, 2.75) is 18.1 Å². The number of rotatable bonds is 6. The number of nitrogens with zero attached hydrogens (tertiary/aromatic N) is 3. The molecular formula is C20H19Cl2N5O3S. The minimum atomic E-state index is -0.205. The Morgan fingerprint density at radius 2 is 1.97 bits per heavy atom. The monoisotopic (exact) mass is 479 g/mol. The molecule has 0 radical (unpaired) electrons. The second-order valence-electron chi connectivity index (χ2n) is 6.78. The van der Waals surface area contributed by atoms with Crippen LogP contribution in [0.5, 0.6) is 11.5 Å². The summed E-state index contributed by atoms with van der Waals surface area (Å²) in [7, 11) is 0. The van der Waals surface area contributed by atoms with E-state index in [1.165, 1.54) is 16.4 Å². The van der Waals surface area contributed by atoms with Gasteiger partial charge in [-0.05, 0) is 42.8 Å². The smallest absolute Gasteiger partial charge is 0.230 e. The molecule has 1 unspecified atom stereocenters. The van der Waals surface area contributed by atoms with Crippen molar-refractivity contribution in [2.75, 3.05) is 24.8 Å². The van der Waals surface area contributed by atoms with Crippen molar-refractivity contribution in [1.82, 2.24) is 20.2 Å². The topological polar surface area (TPSA) is 104 Å². The summed E-state index contributed by atoms with van der Waals surface area (Å²) in [5, 5.41) is 12.4. The number of carbonyl (C=O) groups excluding carboxylic acids is 1. The van der Waals surface area contributed by atoms with Crippen LogP contribution in [0.25, 0.3) is 11.4 Å². The number of ether oxygens (including phenoxy) is 2. The van der Waals surface area contributed by atoms with Crippen molar-refractivity contribution in [1.29, 1.82) is 0 Å². The summed E-state index contributed by atoms with van der Waals surface area (Å²) in [4.78, 5) is 12.4. The van der Waals surface area contributed by atoms with Crippen molar-refractivity contribution in [2.24, 2.45) is 0 Å². The van der Waals surface area contributed by atoms with Crippen LogP contribution in [0.15, 0.2) is 41.6 Å². The molecule has 1 aliphatic rings. The molecule has 1 aromatic heterocycles. The van der Waals surface area contributed by atoms with Crippen LogP contribution in [0, 0.1) is 0 Å². The Hall–Kier alpha value is -2.62. The number of benzene rings is 2. The van der Waals surface area contributed by atoms with Gasteiger partial charge in [0.25, 0.3) is 0 Å². The standard InChI is InChI=1S/C20H19Cl2N5O3S/c1-11(12-2-5-16-17(8-12)30-7-6-29-16)24-18(28)10-31-20-26-25-19(27(20)23)14-4-3-13(21)9-15(14)22/h2-5,8-9,11H,6-7,10,23H2,1H3,(H,24,28). The van der Waals surface area contributed by atoms with E-state index in [4.69, 9.17) is 38.5 Å². The van der Waals surface area contributed by atoms with Gasteiger partial charge in [-0.2, -0.15) is 0 Å². The molecule has 162 valence electrons. The van der Waals surface area contributed by atoms with E-state index in [9.17, 15) is 4.79 Å². The van der Waals surface area contributed by atoms with Gasteiger partial charge in [0, 0.05) is 10.6 Å². The summed E-state index contributed by atoms with van der Waals surface area (Å²) in [6.07, 6.45) is 0. The molecule has 31 heavy (non-hydrogen) atoms. The Morgan fingerprint density at radius 3 is 2.74 bits per heavy atom. The van der Waals surface area contributed by atoms with Gasteiger partial charge in [0.2, 0.25) is 11.1 Å². The number of hydrogen-bond donors (Lipinski definition) is 2. The highest BCUT2D eigenvalue weighted by atomic mass is 35.5. The Bertz CT molecular complexity index is 1120. The highest BCUT2D eigenvalue weighted by Crippen LogP contribution is 2.33. The third kappa shape index (κ3) is 4.84. The Kier molecular flexibility index (Phi) is 6.45.